The van der Waals surface area contributed by atoms with Gasteiger partial charge in [0.1, 0.15) is 0 Å². The van der Waals surface area contributed by atoms with Crippen LogP contribution in [-0.2, 0) is 4.79 Å². The van der Waals surface area contributed by atoms with Gasteiger partial charge < -0.3 is 5.32 Å². The number of hydrogen-bond acceptors (Lipinski definition) is 3. The Morgan fingerprint density at radius 2 is 2.32 bits per heavy atom. The van der Waals surface area contributed by atoms with E-state index in [-0.39, 0.29) is 11.9 Å². The molecule has 1 fully saturated rings. The van der Waals surface area contributed by atoms with Crippen molar-refractivity contribution >= 4 is 5.91 Å². The van der Waals surface area contributed by atoms with Crippen LogP contribution in [0, 0.1) is 12.8 Å². The monoisotopic (exact) mass is 257 g/mol. The number of carbonyl (C=O) groups excluding carboxylic acids is 1. The fourth-order valence-electron chi connectivity index (χ4n) is 2.55. The minimum atomic E-state index is -0.0195. The van der Waals surface area contributed by atoms with Crippen molar-refractivity contribution in [2.45, 2.75) is 45.1 Å². The predicted octanol–water partition coefficient (Wildman–Crippen LogP) is 2.46. The van der Waals surface area contributed by atoms with Gasteiger partial charge in [-0.1, -0.05) is 6.08 Å². The number of carbonyl (C=O) groups is 1. The molecule has 0 aromatic carbocycles. The summed E-state index contributed by atoms with van der Waals surface area (Å²) in [5.41, 5.74) is 1.88. The van der Waals surface area contributed by atoms with Gasteiger partial charge in [-0.25, -0.2) is 9.97 Å². The standard InChI is InChI=1S/C15H19N3O/c1-10-8-9-16-14(17-10)13(11-6-7-11)18-15(19)12-4-2-3-5-12/h4,8-9,11,13H,2-3,5-7H2,1H3,(H,18,19). The third-order valence-electron chi connectivity index (χ3n) is 3.80. The van der Waals surface area contributed by atoms with Gasteiger partial charge in [-0.2, -0.15) is 0 Å². The molecule has 4 nitrogen and oxygen atoms in total. The first-order valence-electron chi connectivity index (χ1n) is 7.03. The van der Waals surface area contributed by atoms with Gasteiger partial charge in [-0.3, -0.25) is 4.79 Å². The molecule has 0 radical (unpaired) electrons. The zero-order valence-corrected chi connectivity index (χ0v) is 11.2. The van der Waals surface area contributed by atoms with Gasteiger partial charge in [0.05, 0.1) is 6.04 Å². The highest BCUT2D eigenvalue weighted by molar-refractivity contribution is 5.94. The molecule has 0 saturated heterocycles. The fraction of sp³-hybridized carbons (Fsp3) is 0.533. The van der Waals surface area contributed by atoms with Crippen LogP contribution >= 0.6 is 0 Å². The lowest BCUT2D eigenvalue weighted by Gasteiger charge is -2.17. The minimum absolute atomic E-state index is 0.0195. The number of allylic oxidation sites excluding steroid dienone is 1. The van der Waals surface area contributed by atoms with Gasteiger partial charge in [0.15, 0.2) is 5.82 Å². The molecule has 2 aliphatic rings. The second kappa shape index (κ2) is 5.11. The number of amides is 1. The number of nitrogens with zero attached hydrogens (tertiary/aromatic N) is 2. The van der Waals surface area contributed by atoms with Crippen molar-refractivity contribution in [3.63, 3.8) is 0 Å². The Balaban J connectivity index is 1.76. The predicted molar refractivity (Wildman–Crippen MR) is 72.3 cm³/mol. The van der Waals surface area contributed by atoms with Crippen LogP contribution in [0.1, 0.15) is 49.7 Å². The van der Waals surface area contributed by atoms with Gasteiger partial charge in [0.2, 0.25) is 5.91 Å². The SMILES string of the molecule is Cc1ccnc(C(NC(=O)C2=CCCC2)C2CC2)n1. The van der Waals surface area contributed by atoms with Gasteiger partial charge in [0.25, 0.3) is 0 Å². The summed E-state index contributed by atoms with van der Waals surface area (Å²) in [5.74, 6) is 1.33. The molecule has 19 heavy (non-hydrogen) atoms. The lowest BCUT2D eigenvalue weighted by atomic mass is 10.1. The highest BCUT2D eigenvalue weighted by atomic mass is 16.1. The maximum atomic E-state index is 12.2. The average molecular weight is 257 g/mol. The molecule has 1 atom stereocenters. The number of aromatic nitrogens is 2. The Bertz CT molecular complexity index is 520. The van der Waals surface area contributed by atoms with Crippen molar-refractivity contribution in [1.29, 1.82) is 0 Å². The molecule has 0 aliphatic heterocycles. The molecule has 1 amide bonds. The molecule has 1 saturated carbocycles. The van der Waals surface area contributed by atoms with E-state index in [1.165, 1.54) is 0 Å². The zero-order valence-electron chi connectivity index (χ0n) is 11.2. The summed E-state index contributed by atoms with van der Waals surface area (Å²) in [4.78, 5) is 21.0. The Morgan fingerprint density at radius 1 is 1.47 bits per heavy atom. The first-order chi connectivity index (χ1) is 9.24. The summed E-state index contributed by atoms with van der Waals surface area (Å²) >= 11 is 0. The summed E-state index contributed by atoms with van der Waals surface area (Å²) in [5, 5.41) is 3.13. The molecule has 1 aromatic heterocycles. The summed E-state index contributed by atoms with van der Waals surface area (Å²) < 4.78 is 0. The highest BCUT2D eigenvalue weighted by Gasteiger charge is 2.35. The van der Waals surface area contributed by atoms with Crippen LogP contribution in [-0.4, -0.2) is 15.9 Å². The van der Waals surface area contributed by atoms with E-state index < -0.39 is 0 Å². The van der Waals surface area contributed by atoms with Gasteiger partial charge in [0, 0.05) is 17.5 Å². The summed E-state index contributed by atoms with van der Waals surface area (Å²) in [6.07, 6.45) is 9.15. The normalized spacial score (nSPS) is 19.9. The molecule has 1 N–H and O–H groups in total. The Labute approximate surface area is 113 Å². The van der Waals surface area contributed by atoms with Crippen LogP contribution < -0.4 is 5.32 Å². The average Bonchev–Trinajstić information content (AvgIpc) is 3.09. The number of rotatable bonds is 4. The summed E-state index contributed by atoms with van der Waals surface area (Å²) in [6.45, 7) is 1.95. The van der Waals surface area contributed by atoms with Crippen molar-refractivity contribution in [2.75, 3.05) is 0 Å². The van der Waals surface area contributed by atoms with Crippen molar-refractivity contribution in [2.24, 2.45) is 5.92 Å². The van der Waals surface area contributed by atoms with Crippen LogP contribution in [0.4, 0.5) is 0 Å². The second-order valence-electron chi connectivity index (χ2n) is 5.47. The molecule has 1 unspecified atom stereocenters. The number of nitrogens with one attached hydrogen (secondary N) is 1. The lowest BCUT2D eigenvalue weighted by Crippen LogP contribution is -2.32. The number of hydrogen-bond donors (Lipinski definition) is 1. The molecule has 0 bridgehead atoms. The van der Waals surface area contributed by atoms with E-state index >= 15 is 0 Å². The van der Waals surface area contributed by atoms with Crippen molar-refractivity contribution in [1.82, 2.24) is 15.3 Å². The molecular weight excluding hydrogens is 238 g/mol. The molecule has 2 aliphatic carbocycles. The van der Waals surface area contributed by atoms with E-state index in [0.29, 0.717) is 5.92 Å². The molecular formula is C15H19N3O. The molecule has 4 heteroatoms. The van der Waals surface area contributed by atoms with E-state index in [0.717, 1.165) is 49.2 Å². The lowest BCUT2D eigenvalue weighted by molar-refractivity contribution is -0.118. The van der Waals surface area contributed by atoms with Crippen molar-refractivity contribution < 1.29 is 4.79 Å². The Hall–Kier alpha value is -1.71. The van der Waals surface area contributed by atoms with Gasteiger partial charge >= 0.3 is 0 Å². The molecule has 0 spiro atoms. The van der Waals surface area contributed by atoms with E-state index in [2.05, 4.69) is 21.4 Å². The van der Waals surface area contributed by atoms with E-state index in [1.54, 1.807) is 6.20 Å². The molecule has 1 heterocycles. The minimum Gasteiger partial charge on any atom is -0.342 e. The largest absolute Gasteiger partial charge is 0.342 e. The van der Waals surface area contributed by atoms with Crippen LogP contribution in [0.15, 0.2) is 23.9 Å². The first kappa shape index (κ1) is 12.3. The maximum Gasteiger partial charge on any atom is 0.247 e. The quantitative estimate of drug-likeness (QED) is 0.901. The second-order valence-corrected chi connectivity index (χ2v) is 5.47. The van der Waals surface area contributed by atoms with E-state index in [9.17, 15) is 4.79 Å². The van der Waals surface area contributed by atoms with Crippen LogP contribution in [0.5, 0.6) is 0 Å². The Morgan fingerprint density at radius 3 is 2.95 bits per heavy atom. The zero-order chi connectivity index (χ0) is 13.2. The van der Waals surface area contributed by atoms with Gasteiger partial charge in [-0.15, -0.1) is 0 Å². The van der Waals surface area contributed by atoms with Crippen molar-refractivity contribution in [3.05, 3.63) is 35.4 Å². The first-order valence-corrected chi connectivity index (χ1v) is 7.03. The topological polar surface area (TPSA) is 54.9 Å². The van der Waals surface area contributed by atoms with Crippen LogP contribution in [0.25, 0.3) is 0 Å². The molecule has 100 valence electrons. The van der Waals surface area contributed by atoms with Gasteiger partial charge in [-0.05, 0) is 51.0 Å². The van der Waals surface area contributed by atoms with Crippen molar-refractivity contribution in [3.8, 4) is 0 Å². The molecule has 1 aromatic rings. The molecule has 3 rings (SSSR count). The van der Waals surface area contributed by atoms with E-state index in [1.807, 2.05) is 13.0 Å². The Kier molecular flexibility index (Phi) is 3.32. The third-order valence-corrected chi connectivity index (χ3v) is 3.80. The van der Waals surface area contributed by atoms with Crippen LogP contribution in [0.2, 0.25) is 0 Å². The highest BCUT2D eigenvalue weighted by Crippen LogP contribution is 2.40. The maximum absolute atomic E-state index is 12.2. The van der Waals surface area contributed by atoms with E-state index in [4.69, 9.17) is 0 Å². The summed E-state index contributed by atoms with van der Waals surface area (Å²) in [6, 6.07) is 1.86. The third kappa shape index (κ3) is 2.83. The fourth-order valence-corrected chi connectivity index (χ4v) is 2.55. The smallest absolute Gasteiger partial charge is 0.247 e. The summed E-state index contributed by atoms with van der Waals surface area (Å²) in [7, 11) is 0. The van der Waals surface area contributed by atoms with Crippen LogP contribution in [0.3, 0.4) is 0 Å². The number of aryl methyl sites for hydroxylation is 1.